The summed E-state index contributed by atoms with van der Waals surface area (Å²) >= 11 is 6.20. The van der Waals surface area contributed by atoms with E-state index in [1.165, 1.54) is 0 Å². The van der Waals surface area contributed by atoms with E-state index in [-0.39, 0.29) is 11.5 Å². The van der Waals surface area contributed by atoms with E-state index >= 15 is 0 Å². The van der Waals surface area contributed by atoms with Crippen LogP contribution in [-0.2, 0) is 10.3 Å². The van der Waals surface area contributed by atoms with Crippen molar-refractivity contribution in [3.8, 4) is 0 Å². The topological polar surface area (TPSA) is 49.8 Å². The van der Waals surface area contributed by atoms with E-state index in [9.17, 15) is 9.90 Å². The molecule has 1 saturated carbocycles. The van der Waals surface area contributed by atoms with Crippen LogP contribution in [0.15, 0.2) is 18.2 Å². The predicted octanol–water partition coefficient (Wildman–Crippen LogP) is 4.26. The zero-order chi connectivity index (χ0) is 17.8. The highest BCUT2D eigenvalue weighted by Gasteiger charge is 2.58. The molecule has 0 aromatic heterocycles. The smallest absolute Gasteiger partial charge is 0.410 e. The number of carbonyl (C=O) groups excluding carboxylic acids is 1. The summed E-state index contributed by atoms with van der Waals surface area (Å²) in [6.45, 7) is 8.92. The van der Waals surface area contributed by atoms with Crippen LogP contribution in [-0.4, -0.2) is 34.8 Å². The van der Waals surface area contributed by atoms with Gasteiger partial charge in [-0.15, -0.1) is 0 Å². The second-order valence-corrected chi connectivity index (χ2v) is 8.86. The van der Waals surface area contributed by atoms with Crippen LogP contribution in [0.4, 0.5) is 4.79 Å². The van der Waals surface area contributed by atoms with Crippen molar-refractivity contribution in [2.75, 3.05) is 13.1 Å². The number of aliphatic hydroxyl groups is 1. The Morgan fingerprint density at radius 1 is 1.33 bits per heavy atom. The van der Waals surface area contributed by atoms with E-state index in [0.29, 0.717) is 31.0 Å². The number of ether oxygens (including phenoxy) is 1. The van der Waals surface area contributed by atoms with Gasteiger partial charge in [0.2, 0.25) is 0 Å². The first-order chi connectivity index (χ1) is 11.0. The molecule has 0 radical (unpaired) electrons. The lowest BCUT2D eigenvalue weighted by atomic mass is 9.56. The lowest BCUT2D eigenvalue weighted by Crippen LogP contribution is -2.51. The summed E-state index contributed by atoms with van der Waals surface area (Å²) in [6, 6.07) is 5.68. The highest BCUT2D eigenvalue weighted by molar-refractivity contribution is 6.31. The Morgan fingerprint density at radius 2 is 2.00 bits per heavy atom. The molecule has 0 bridgehead atoms. The third-order valence-electron chi connectivity index (χ3n) is 5.19. The SMILES string of the molecule is Cc1c(Cl)cccc1C1(O)CC2(CCN(C(=O)OC(C)(C)C)C2)C1. The Balaban J connectivity index is 1.68. The molecule has 1 heterocycles. The van der Waals surface area contributed by atoms with Gasteiger partial charge in [-0.3, -0.25) is 0 Å². The first-order valence-electron chi connectivity index (χ1n) is 8.50. The fraction of sp³-hybridized carbons (Fsp3) is 0.632. The van der Waals surface area contributed by atoms with Gasteiger partial charge in [-0.25, -0.2) is 4.79 Å². The van der Waals surface area contributed by atoms with Crippen LogP contribution >= 0.6 is 11.6 Å². The number of benzene rings is 1. The van der Waals surface area contributed by atoms with Crippen molar-refractivity contribution in [3.63, 3.8) is 0 Å². The minimum atomic E-state index is -0.834. The molecule has 132 valence electrons. The summed E-state index contributed by atoms with van der Waals surface area (Å²) in [5.74, 6) is 0. The molecule has 1 aliphatic heterocycles. The molecule has 2 aliphatic rings. The van der Waals surface area contributed by atoms with Gasteiger partial charge in [-0.2, -0.15) is 0 Å². The standard InChI is InChI=1S/C19H26ClNO3/c1-13-14(6-5-7-15(13)20)19(23)10-18(11-19)8-9-21(12-18)16(22)24-17(2,3)4/h5-7,23H,8-12H2,1-4H3. The second kappa shape index (κ2) is 5.63. The number of likely N-dealkylation sites (tertiary alicyclic amines) is 1. The Morgan fingerprint density at radius 3 is 2.62 bits per heavy atom. The molecular formula is C19H26ClNO3. The normalized spacial score (nSPS) is 29.7. The molecule has 2 fully saturated rings. The van der Waals surface area contributed by atoms with E-state index < -0.39 is 11.2 Å². The maximum atomic E-state index is 12.2. The van der Waals surface area contributed by atoms with E-state index in [4.69, 9.17) is 16.3 Å². The molecule has 1 N–H and O–H groups in total. The summed E-state index contributed by atoms with van der Waals surface area (Å²) in [7, 11) is 0. The molecule has 1 saturated heterocycles. The Kier molecular flexibility index (Phi) is 4.12. The number of rotatable bonds is 1. The van der Waals surface area contributed by atoms with E-state index in [2.05, 4.69) is 0 Å². The van der Waals surface area contributed by atoms with Crippen LogP contribution in [0.2, 0.25) is 5.02 Å². The Bertz CT molecular complexity index is 659. The maximum Gasteiger partial charge on any atom is 0.410 e. The van der Waals surface area contributed by atoms with Crippen LogP contribution in [0.1, 0.15) is 51.2 Å². The summed E-state index contributed by atoms with van der Waals surface area (Å²) in [5.41, 5.74) is 0.541. The molecule has 1 aliphatic carbocycles. The van der Waals surface area contributed by atoms with Crippen LogP contribution in [0.3, 0.4) is 0 Å². The second-order valence-electron chi connectivity index (χ2n) is 8.45. The molecule has 0 unspecified atom stereocenters. The lowest BCUT2D eigenvalue weighted by molar-refractivity contribution is -0.130. The number of amides is 1. The predicted molar refractivity (Wildman–Crippen MR) is 94.2 cm³/mol. The van der Waals surface area contributed by atoms with Gasteiger partial charge in [-0.05, 0) is 69.6 Å². The van der Waals surface area contributed by atoms with Crippen molar-refractivity contribution in [2.45, 2.75) is 58.2 Å². The highest BCUT2D eigenvalue weighted by atomic mass is 35.5. The molecule has 4 nitrogen and oxygen atoms in total. The largest absolute Gasteiger partial charge is 0.444 e. The quantitative estimate of drug-likeness (QED) is 0.822. The van der Waals surface area contributed by atoms with Crippen LogP contribution < -0.4 is 0 Å². The van der Waals surface area contributed by atoms with Crippen molar-refractivity contribution in [1.29, 1.82) is 0 Å². The highest BCUT2D eigenvalue weighted by Crippen LogP contribution is 2.59. The monoisotopic (exact) mass is 351 g/mol. The zero-order valence-corrected chi connectivity index (χ0v) is 15.6. The summed E-state index contributed by atoms with van der Waals surface area (Å²) in [4.78, 5) is 14.0. The third kappa shape index (κ3) is 3.14. The summed E-state index contributed by atoms with van der Waals surface area (Å²) < 4.78 is 5.46. The average molecular weight is 352 g/mol. The summed E-state index contributed by atoms with van der Waals surface area (Å²) in [6.07, 6.45) is 1.99. The van der Waals surface area contributed by atoms with Gasteiger partial charge in [0.15, 0.2) is 0 Å². The van der Waals surface area contributed by atoms with Crippen molar-refractivity contribution >= 4 is 17.7 Å². The number of hydrogen-bond donors (Lipinski definition) is 1. The fourth-order valence-electron chi connectivity index (χ4n) is 4.20. The van der Waals surface area contributed by atoms with Crippen molar-refractivity contribution in [2.24, 2.45) is 5.41 Å². The van der Waals surface area contributed by atoms with Crippen molar-refractivity contribution < 1.29 is 14.6 Å². The van der Waals surface area contributed by atoms with E-state index in [1.807, 2.05) is 45.9 Å². The van der Waals surface area contributed by atoms with Gasteiger partial charge in [0.05, 0.1) is 5.60 Å². The molecule has 1 spiro atoms. The van der Waals surface area contributed by atoms with Gasteiger partial charge >= 0.3 is 6.09 Å². The van der Waals surface area contributed by atoms with Gasteiger partial charge < -0.3 is 14.7 Å². The molecule has 1 aromatic carbocycles. The first kappa shape index (κ1) is 17.6. The minimum absolute atomic E-state index is 0.000409. The minimum Gasteiger partial charge on any atom is -0.444 e. The molecule has 24 heavy (non-hydrogen) atoms. The molecule has 1 amide bonds. The van der Waals surface area contributed by atoms with E-state index in [1.54, 1.807) is 4.90 Å². The molecule has 1 aromatic rings. The van der Waals surface area contributed by atoms with Gasteiger partial charge in [-0.1, -0.05) is 23.7 Å². The molecular weight excluding hydrogens is 326 g/mol. The zero-order valence-electron chi connectivity index (χ0n) is 14.9. The molecule has 5 heteroatoms. The van der Waals surface area contributed by atoms with Crippen LogP contribution in [0.5, 0.6) is 0 Å². The average Bonchev–Trinajstić information content (AvgIpc) is 2.84. The van der Waals surface area contributed by atoms with Crippen LogP contribution in [0, 0.1) is 12.3 Å². The fourth-order valence-corrected chi connectivity index (χ4v) is 4.37. The lowest BCUT2D eigenvalue weighted by Gasteiger charge is -2.52. The van der Waals surface area contributed by atoms with Gasteiger partial charge in [0.1, 0.15) is 5.60 Å². The van der Waals surface area contributed by atoms with Gasteiger partial charge in [0, 0.05) is 18.1 Å². The Labute approximate surface area is 148 Å². The summed E-state index contributed by atoms with van der Waals surface area (Å²) in [5, 5.41) is 11.7. The number of nitrogens with zero attached hydrogens (tertiary/aromatic N) is 1. The van der Waals surface area contributed by atoms with E-state index in [0.717, 1.165) is 17.5 Å². The van der Waals surface area contributed by atoms with Crippen molar-refractivity contribution in [3.05, 3.63) is 34.3 Å². The number of hydrogen-bond acceptors (Lipinski definition) is 3. The van der Waals surface area contributed by atoms with Gasteiger partial charge in [0.25, 0.3) is 0 Å². The molecule has 3 rings (SSSR count). The third-order valence-corrected chi connectivity index (χ3v) is 5.60. The Hall–Kier alpha value is -1.26. The number of carbonyl (C=O) groups is 1. The number of halogens is 1. The molecule has 0 atom stereocenters. The maximum absolute atomic E-state index is 12.2. The first-order valence-corrected chi connectivity index (χ1v) is 8.87. The van der Waals surface area contributed by atoms with Crippen LogP contribution in [0.25, 0.3) is 0 Å². The van der Waals surface area contributed by atoms with Crippen molar-refractivity contribution in [1.82, 2.24) is 4.90 Å².